The van der Waals surface area contributed by atoms with Crippen LogP contribution in [0.2, 0.25) is 0 Å². The fourth-order valence-corrected chi connectivity index (χ4v) is 4.84. The molecule has 0 aromatic heterocycles. The number of carbonyl (C=O) groups excluding carboxylic acids is 1. The highest BCUT2D eigenvalue weighted by Crippen LogP contribution is 2.41. The van der Waals surface area contributed by atoms with E-state index in [-0.39, 0.29) is 25.3 Å². The minimum Gasteiger partial charge on any atom is -0.379 e. The van der Waals surface area contributed by atoms with Crippen molar-refractivity contribution in [2.45, 2.75) is 110 Å². The molecule has 0 spiro atoms. The fraction of sp³-hybridized carbons (Fsp3) is 0.960. The molecule has 1 amide bonds. The molecule has 0 aromatic rings. The van der Waals surface area contributed by atoms with E-state index in [1.54, 1.807) is 0 Å². The Balaban J connectivity index is 3.69. The summed E-state index contributed by atoms with van der Waals surface area (Å²) in [6.45, 7) is 5.04. The van der Waals surface area contributed by atoms with Crippen LogP contribution in [-0.4, -0.2) is 68.4 Å². The summed E-state index contributed by atoms with van der Waals surface area (Å²) in [5, 5.41) is 2.74. The molecule has 0 aliphatic heterocycles. The maximum atomic E-state index is 12.1. The summed E-state index contributed by atoms with van der Waals surface area (Å²) in [6, 6.07) is -0.422. The van der Waals surface area contributed by atoms with E-state index in [9.17, 15) is 14.3 Å². The first-order valence-electron chi connectivity index (χ1n) is 13.2. The van der Waals surface area contributed by atoms with E-state index in [1.807, 2.05) is 19.0 Å². The second-order valence-electron chi connectivity index (χ2n) is 9.53. The van der Waals surface area contributed by atoms with E-state index in [4.69, 9.17) is 9.26 Å². The number of ether oxygens (including phenoxy) is 1. The lowest BCUT2D eigenvalue weighted by Gasteiger charge is -2.21. The Bertz CT molecular complexity index is 505. The predicted octanol–water partition coefficient (Wildman–Crippen LogP) is 5.75. The second kappa shape index (κ2) is 22.0. The summed E-state index contributed by atoms with van der Waals surface area (Å²) < 4.78 is 23.0. The Hall–Kier alpha value is -0.460. The molecule has 198 valence electrons. The van der Waals surface area contributed by atoms with Crippen LogP contribution in [0.1, 0.15) is 104 Å². The molecule has 0 saturated heterocycles. The lowest BCUT2D eigenvalue weighted by Crippen LogP contribution is -2.40. The molecule has 2 N–H and O–H groups in total. The van der Waals surface area contributed by atoms with Gasteiger partial charge in [-0.2, -0.15) is 0 Å². The first-order valence-corrected chi connectivity index (χ1v) is 15.0. The van der Waals surface area contributed by atoms with Gasteiger partial charge in [0, 0.05) is 20.1 Å². The summed E-state index contributed by atoms with van der Waals surface area (Å²) in [5.74, 6) is -0.204. The Morgan fingerprint density at radius 3 is 1.82 bits per heavy atom. The molecule has 0 aromatic carbocycles. The lowest BCUT2D eigenvalue weighted by atomic mass is 10.0. The topological polar surface area (TPSA) is 88.1 Å². The minimum atomic E-state index is -3.67. The van der Waals surface area contributed by atoms with Gasteiger partial charge in [-0.05, 0) is 20.5 Å². The molecule has 33 heavy (non-hydrogen) atoms. The normalized spacial score (nSPS) is 14.4. The number of hydrogen-bond donors (Lipinski definition) is 2. The maximum Gasteiger partial charge on any atom is 0.329 e. The predicted molar refractivity (Wildman–Crippen MR) is 138 cm³/mol. The molecule has 0 saturated carbocycles. The van der Waals surface area contributed by atoms with Gasteiger partial charge in [0.05, 0.1) is 25.4 Å². The first-order chi connectivity index (χ1) is 15.8. The van der Waals surface area contributed by atoms with E-state index >= 15 is 0 Å². The van der Waals surface area contributed by atoms with Crippen LogP contribution in [0.25, 0.3) is 0 Å². The average Bonchev–Trinajstić information content (AvgIpc) is 2.75. The highest BCUT2D eigenvalue weighted by atomic mass is 31.2. The average molecular weight is 493 g/mol. The summed E-state index contributed by atoms with van der Waals surface area (Å²) in [6.07, 6.45) is 18.5. The molecule has 0 radical (unpaired) electrons. The number of nitrogens with one attached hydrogen (secondary N) is 1. The number of amides is 1. The molecule has 0 aliphatic rings. The number of carbonyl (C=O) groups is 1. The highest BCUT2D eigenvalue weighted by molar-refractivity contribution is 7.52. The zero-order valence-electron chi connectivity index (χ0n) is 22.0. The number of nitrogens with zero attached hydrogens (tertiary/aromatic N) is 1. The van der Waals surface area contributed by atoms with Gasteiger partial charge < -0.3 is 24.4 Å². The number of rotatable bonds is 24. The Kier molecular flexibility index (Phi) is 21.7. The Morgan fingerprint density at radius 1 is 0.879 bits per heavy atom. The number of hydrogen-bond acceptors (Lipinski definition) is 5. The number of unbranched alkanes of at least 4 members (excludes halogenated alkanes) is 13. The first kappa shape index (κ1) is 32.5. The van der Waals surface area contributed by atoms with Gasteiger partial charge in [0.2, 0.25) is 5.91 Å². The molecular weight excluding hydrogens is 439 g/mol. The smallest absolute Gasteiger partial charge is 0.329 e. The molecule has 7 nitrogen and oxygen atoms in total. The molecular formula is C25H53N2O5P. The van der Waals surface area contributed by atoms with Crippen LogP contribution in [0.5, 0.6) is 0 Å². The van der Waals surface area contributed by atoms with Crippen LogP contribution in [0.15, 0.2) is 0 Å². The Labute approximate surface area is 203 Å². The molecule has 0 heterocycles. The molecule has 0 fully saturated rings. The zero-order chi connectivity index (χ0) is 24.8. The third-order valence-electron chi connectivity index (χ3n) is 5.68. The van der Waals surface area contributed by atoms with E-state index < -0.39 is 13.6 Å². The monoisotopic (exact) mass is 492 g/mol. The van der Waals surface area contributed by atoms with Crippen molar-refractivity contribution in [1.82, 2.24) is 10.2 Å². The van der Waals surface area contributed by atoms with Gasteiger partial charge in [-0.15, -0.1) is 0 Å². The van der Waals surface area contributed by atoms with Crippen molar-refractivity contribution in [3.63, 3.8) is 0 Å². The maximum absolute atomic E-state index is 12.1. The quantitative estimate of drug-likeness (QED) is 0.132. The Morgan fingerprint density at radius 2 is 1.36 bits per heavy atom. The fourth-order valence-electron chi connectivity index (χ4n) is 3.64. The van der Waals surface area contributed by atoms with Crippen molar-refractivity contribution < 1.29 is 23.5 Å². The van der Waals surface area contributed by atoms with Crippen molar-refractivity contribution in [3.8, 4) is 0 Å². The van der Waals surface area contributed by atoms with E-state index in [2.05, 4.69) is 12.2 Å². The van der Waals surface area contributed by atoms with Crippen molar-refractivity contribution in [2.24, 2.45) is 0 Å². The SMILES string of the molecule is CCCCCCCCCCCCCCCCOCC(COP(=O)(O)CCN(C)C)NC(C)=O. The van der Waals surface area contributed by atoms with Crippen LogP contribution in [0, 0.1) is 0 Å². The van der Waals surface area contributed by atoms with Gasteiger partial charge in [-0.25, -0.2) is 0 Å². The van der Waals surface area contributed by atoms with Crippen molar-refractivity contribution in [2.75, 3.05) is 46.6 Å². The summed E-state index contributed by atoms with van der Waals surface area (Å²) in [5.41, 5.74) is 0. The molecule has 8 heteroatoms. The largest absolute Gasteiger partial charge is 0.379 e. The van der Waals surface area contributed by atoms with Gasteiger partial charge in [0.1, 0.15) is 0 Å². The third kappa shape index (κ3) is 24.5. The van der Waals surface area contributed by atoms with E-state index in [0.29, 0.717) is 13.2 Å². The van der Waals surface area contributed by atoms with Gasteiger partial charge in [-0.1, -0.05) is 90.4 Å². The van der Waals surface area contributed by atoms with E-state index in [0.717, 1.165) is 12.8 Å². The molecule has 2 atom stereocenters. The summed E-state index contributed by atoms with van der Waals surface area (Å²) in [7, 11) is 0.00873. The standard InChI is InChI=1S/C25H53N2O5P/c1-5-6-7-8-9-10-11-12-13-14-15-16-17-18-20-31-22-25(26-24(2)28)23-32-33(29,30)21-19-27(3)4/h25H,5-23H2,1-4H3,(H,26,28)(H,29,30). The van der Waals surface area contributed by atoms with E-state index in [1.165, 1.54) is 84.0 Å². The summed E-state index contributed by atoms with van der Waals surface area (Å²) >= 11 is 0. The van der Waals surface area contributed by atoms with Crippen LogP contribution in [-0.2, 0) is 18.6 Å². The van der Waals surface area contributed by atoms with Crippen molar-refractivity contribution in [3.05, 3.63) is 0 Å². The lowest BCUT2D eigenvalue weighted by molar-refractivity contribution is -0.120. The van der Waals surface area contributed by atoms with Crippen molar-refractivity contribution in [1.29, 1.82) is 0 Å². The summed E-state index contributed by atoms with van der Waals surface area (Å²) in [4.78, 5) is 23.1. The van der Waals surface area contributed by atoms with Gasteiger partial charge >= 0.3 is 7.60 Å². The third-order valence-corrected chi connectivity index (χ3v) is 6.99. The van der Waals surface area contributed by atoms with Gasteiger partial charge in [0.15, 0.2) is 0 Å². The van der Waals surface area contributed by atoms with Crippen LogP contribution < -0.4 is 5.32 Å². The van der Waals surface area contributed by atoms with Crippen LogP contribution >= 0.6 is 7.60 Å². The second-order valence-corrected chi connectivity index (χ2v) is 11.5. The molecule has 0 aliphatic carbocycles. The molecule has 0 bridgehead atoms. The molecule has 2 unspecified atom stereocenters. The van der Waals surface area contributed by atoms with Crippen molar-refractivity contribution >= 4 is 13.5 Å². The molecule has 0 rings (SSSR count). The van der Waals surface area contributed by atoms with Gasteiger partial charge in [0.25, 0.3) is 0 Å². The van der Waals surface area contributed by atoms with Gasteiger partial charge in [-0.3, -0.25) is 9.36 Å². The zero-order valence-corrected chi connectivity index (χ0v) is 22.9. The van der Waals surface area contributed by atoms with Crippen LogP contribution in [0.3, 0.4) is 0 Å². The minimum absolute atomic E-state index is 0.0282. The highest BCUT2D eigenvalue weighted by Gasteiger charge is 2.22. The van der Waals surface area contributed by atoms with Crippen LogP contribution in [0.4, 0.5) is 0 Å².